The molecule has 0 aliphatic rings. The zero-order chi connectivity index (χ0) is 17.0. The van der Waals surface area contributed by atoms with Gasteiger partial charge in [-0.15, -0.1) is 0 Å². The molecule has 2 rings (SSSR count). The van der Waals surface area contributed by atoms with Crippen LogP contribution in [0.3, 0.4) is 0 Å². The molecular weight excluding hydrogens is 296 g/mol. The Kier molecular flexibility index (Phi) is 5.52. The summed E-state index contributed by atoms with van der Waals surface area (Å²) in [5, 5.41) is 24.5. The fourth-order valence-electron chi connectivity index (χ4n) is 2.82. The van der Waals surface area contributed by atoms with Crippen molar-refractivity contribution in [2.75, 3.05) is 0 Å². The third-order valence-electron chi connectivity index (χ3n) is 3.99. The Bertz CT molecular complexity index is 655. The Balaban J connectivity index is 2.02. The largest absolute Gasteiger partial charge is 0.467 e. The van der Waals surface area contributed by atoms with Crippen LogP contribution in [0.5, 0.6) is 0 Å². The van der Waals surface area contributed by atoms with Gasteiger partial charge in [-0.3, -0.25) is 10.1 Å². The van der Waals surface area contributed by atoms with E-state index in [1.807, 2.05) is 19.9 Å². The number of benzene rings is 1. The van der Waals surface area contributed by atoms with E-state index in [9.17, 15) is 15.2 Å². The molecule has 0 fully saturated rings. The van der Waals surface area contributed by atoms with Crippen molar-refractivity contribution in [2.24, 2.45) is 0 Å². The molecule has 1 aromatic carbocycles. The van der Waals surface area contributed by atoms with Crippen LogP contribution >= 0.6 is 0 Å². The first-order valence-corrected chi connectivity index (χ1v) is 7.61. The monoisotopic (exact) mass is 318 g/mol. The third kappa shape index (κ3) is 4.18. The number of aliphatic hydroxyl groups is 1. The molecule has 0 spiro atoms. The first kappa shape index (κ1) is 17.2. The molecule has 3 unspecified atom stereocenters. The molecule has 0 radical (unpaired) electrons. The van der Waals surface area contributed by atoms with E-state index < -0.39 is 6.10 Å². The normalized spacial score (nSPS) is 15.1. The minimum absolute atomic E-state index is 0.0174. The lowest BCUT2D eigenvalue weighted by Crippen LogP contribution is -2.30. The molecule has 23 heavy (non-hydrogen) atoms. The minimum atomic E-state index is -0.675. The predicted molar refractivity (Wildman–Crippen MR) is 87.1 cm³/mol. The molecule has 6 heteroatoms. The number of nitro benzene ring substituents is 1. The van der Waals surface area contributed by atoms with Gasteiger partial charge in [0.25, 0.3) is 5.69 Å². The second-order valence-electron chi connectivity index (χ2n) is 5.80. The highest BCUT2D eigenvalue weighted by molar-refractivity contribution is 5.45. The first-order valence-electron chi connectivity index (χ1n) is 7.61. The predicted octanol–water partition coefficient (Wildman–Crippen LogP) is 3.66. The summed E-state index contributed by atoms with van der Waals surface area (Å²) in [5.41, 5.74) is 1.68. The molecule has 0 aliphatic heterocycles. The Morgan fingerprint density at radius 3 is 2.65 bits per heavy atom. The number of nitrogens with one attached hydrogen (secondary N) is 1. The maximum atomic E-state index is 11.0. The number of aliphatic hydroxyl groups excluding tert-OH is 1. The lowest BCUT2D eigenvalue weighted by molar-refractivity contribution is -0.385. The number of nitrogens with zero attached hydrogens (tertiary/aromatic N) is 1. The molecular formula is C17H22N2O4. The second-order valence-corrected chi connectivity index (χ2v) is 5.80. The Morgan fingerprint density at radius 1 is 1.30 bits per heavy atom. The molecule has 2 N–H and O–H groups in total. The van der Waals surface area contributed by atoms with E-state index in [0.717, 1.165) is 5.56 Å². The zero-order valence-corrected chi connectivity index (χ0v) is 13.5. The maximum Gasteiger partial charge on any atom is 0.272 e. The van der Waals surface area contributed by atoms with E-state index in [2.05, 4.69) is 5.32 Å². The number of hydrogen-bond donors (Lipinski definition) is 2. The molecule has 6 nitrogen and oxygen atoms in total. The molecule has 3 atom stereocenters. The highest BCUT2D eigenvalue weighted by Crippen LogP contribution is 2.27. The smallest absolute Gasteiger partial charge is 0.272 e. The van der Waals surface area contributed by atoms with Crippen LogP contribution < -0.4 is 5.32 Å². The molecule has 124 valence electrons. The first-order chi connectivity index (χ1) is 10.9. The summed E-state index contributed by atoms with van der Waals surface area (Å²) in [4.78, 5) is 10.7. The molecule has 1 heterocycles. The van der Waals surface area contributed by atoms with Crippen LogP contribution in [-0.2, 0) is 0 Å². The van der Waals surface area contributed by atoms with Crippen LogP contribution in [0.4, 0.5) is 5.69 Å². The lowest BCUT2D eigenvalue weighted by Gasteiger charge is -2.23. The SMILES string of the molecule is Cc1c(C(C)NC(C)CC(O)c2ccco2)cccc1[N+](=O)[O-]. The van der Waals surface area contributed by atoms with Crippen molar-refractivity contribution in [3.8, 4) is 0 Å². The summed E-state index contributed by atoms with van der Waals surface area (Å²) in [6, 6.07) is 8.53. The highest BCUT2D eigenvalue weighted by Gasteiger charge is 2.20. The van der Waals surface area contributed by atoms with Crippen molar-refractivity contribution in [1.29, 1.82) is 0 Å². The Hall–Kier alpha value is -2.18. The van der Waals surface area contributed by atoms with E-state index in [0.29, 0.717) is 17.7 Å². The molecule has 0 bridgehead atoms. The van der Waals surface area contributed by atoms with Crippen LogP contribution in [0, 0.1) is 17.0 Å². The van der Waals surface area contributed by atoms with Crippen molar-refractivity contribution in [3.05, 3.63) is 63.6 Å². The van der Waals surface area contributed by atoms with E-state index >= 15 is 0 Å². The van der Waals surface area contributed by atoms with Gasteiger partial charge in [0.15, 0.2) is 0 Å². The Morgan fingerprint density at radius 2 is 2.04 bits per heavy atom. The molecule has 0 saturated heterocycles. The fraction of sp³-hybridized carbons (Fsp3) is 0.412. The summed E-state index contributed by atoms with van der Waals surface area (Å²) in [7, 11) is 0. The summed E-state index contributed by atoms with van der Waals surface area (Å²) >= 11 is 0. The third-order valence-corrected chi connectivity index (χ3v) is 3.99. The van der Waals surface area contributed by atoms with E-state index in [-0.39, 0.29) is 22.7 Å². The van der Waals surface area contributed by atoms with Crippen LogP contribution in [0.25, 0.3) is 0 Å². The lowest BCUT2D eigenvalue weighted by atomic mass is 9.99. The molecule has 0 amide bonds. The topological polar surface area (TPSA) is 88.5 Å². The number of hydrogen-bond acceptors (Lipinski definition) is 5. The maximum absolute atomic E-state index is 11.0. The van der Waals surface area contributed by atoms with Crippen LogP contribution in [0.15, 0.2) is 41.0 Å². The molecule has 2 aromatic rings. The molecule has 0 aliphatic carbocycles. The van der Waals surface area contributed by atoms with Crippen molar-refractivity contribution in [2.45, 2.75) is 45.4 Å². The average Bonchev–Trinajstić information content (AvgIpc) is 3.01. The standard InChI is InChI=1S/C17H22N2O4/c1-11(10-16(20)17-8-5-9-23-17)18-13(3)14-6-4-7-15(12(14)2)19(21)22/h4-9,11,13,16,18,20H,10H2,1-3H3. The van der Waals surface area contributed by atoms with Crippen LogP contribution in [0.2, 0.25) is 0 Å². The van der Waals surface area contributed by atoms with Gasteiger partial charge in [0.1, 0.15) is 11.9 Å². The molecule has 1 aromatic heterocycles. The zero-order valence-electron chi connectivity index (χ0n) is 13.5. The van der Waals surface area contributed by atoms with Crippen molar-refractivity contribution in [1.82, 2.24) is 5.32 Å². The summed E-state index contributed by atoms with van der Waals surface area (Å²) < 4.78 is 5.19. The van der Waals surface area contributed by atoms with Crippen molar-refractivity contribution < 1.29 is 14.4 Å². The minimum Gasteiger partial charge on any atom is -0.467 e. The van der Waals surface area contributed by atoms with Gasteiger partial charge >= 0.3 is 0 Å². The van der Waals surface area contributed by atoms with Gasteiger partial charge in [-0.1, -0.05) is 12.1 Å². The van der Waals surface area contributed by atoms with Gasteiger partial charge in [-0.25, -0.2) is 0 Å². The summed E-state index contributed by atoms with van der Waals surface area (Å²) in [5.74, 6) is 0.540. The highest BCUT2D eigenvalue weighted by atomic mass is 16.6. The quantitative estimate of drug-likeness (QED) is 0.601. The van der Waals surface area contributed by atoms with E-state index in [1.54, 1.807) is 25.1 Å². The van der Waals surface area contributed by atoms with Gasteiger partial charge in [0.2, 0.25) is 0 Å². The van der Waals surface area contributed by atoms with Gasteiger partial charge in [-0.2, -0.15) is 0 Å². The van der Waals surface area contributed by atoms with Crippen LogP contribution in [0.1, 0.15) is 49.3 Å². The second kappa shape index (κ2) is 7.39. The summed E-state index contributed by atoms with van der Waals surface area (Å²) in [6.45, 7) is 5.69. The van der Waals surface area contributed by atoms with E-state index in [4.69, 9.17) is 4.42 Å². The molecule has 0 saturated carbocycles. The number of rotatable bonds is 7. The average molecular weight is 318 g/mol. The number of furan rings is 1. The van der Waals surface area contributed by atoms with Gasteiger partial charge in [0.05, 0.1) is 11.2 Å². The van der Waals surface area contributed by atoms with E-state index in [1.165, 1.54) is 12.3 Å². The summed E-state index contributed by atoms with van der Waals surface area (Å²) in [6.07, 6.45) is 1.35. The van der Waals surface area contributed by atoms with Crippen molar-refractivity contribution >= 4 is 5.69 Å². The van der Waals surface area contributed by atoms with Gasteiger partial charge < -0.3 is 14.8 Å². The van der Waals surface area contributed by atoms with Crippen LogP contribution in [-0.4, -0.2) is 16.1 Å². The fourth-order valence-corrected chi connectivity index (χ4v) is 2.82. The van der Waals surface area contributed by atoms with Gasteiger partial charge in [0, 0.05) is 23.7 Å². The van der Waals surface area contributed by atoms with Crippen molar-refractivity contribution in [3.63, 3.8) is 0 Å². The van der Waals surface area contributed by atoms with Gasteiger partial charge in [-0.05, 0) is 44.9 Å². The number of nitro groups is 1. The Labute approximate surface area is 135 Å².